The van der Waals surface area contributed by atoms with Crippen molar-refractivity contribution in [3.05, 3.63) is 115 Å². The normalized spacial score (nSPS) is 11.0. The second kappa shape index (κ2) is 9.73. The number of aromatic nitrogens is 2. The fourth-order valence-corrected chi connectivity index (χ4v) is 4.03. The van der Waals surface area contributed by atoms with Crippen LogP contribution in [-0.4, -0.2) is 29.3 Å². The number of benzene rings is 4. The van der Waals surface area contributed by atoms with Gasteiger partial charge in [-0.15, -0.1) is 0 Å². The summed E-state index contributed by atoms with van der Waals surface area (Å²) in [6.07, 6.45) is 1.93. The molecule has 5 heteroatoms. The van der Waals surface area contributed by atoms with Gasteiger partial charge in [0.2, 0.25) is 5.91 Å². The number of amides is 1. The van der Waals surface area contributed by atoms with Crippen molar-refractivity contribution in [1.29, 1.82) is 0 Å². The molecule has 0 atom stereocenters. The molecule has 168 valence electrons. The van der Waals surface area contributed by atoms with Crippen LogP contribution in [0.4, 0.5) is 5.69 Å². The number of rotatable bonds is 7. The summed E-state index contributed by atoms with van der Waals surface area (Å²) >= 11 is 0. The highest BCUT2D eigenvalue weighted by Gasteiger charge is 2.20. The van der Waals surface area contributed by atoms with Gasteiger partial charge in [-0.05, 0) is 34.5 Å². The van der Waals surface area contributed by atoms with Gasteiger partial charge in [0, 0.05) is 19.2 Å². The number of anilines is 1. The minimum Gasteiger partial charge on any atom is -0.311 e. The molecule has 0 radical (unpaired) electrons. The Kier molecular flexibility index (Phi) is 6.19. The average molecular weight is 447 g/mol. The van der Waals surface area contributed by atoms with Gasteiger partial charge in [0.05, 0.1) is 24.1 Å². The third kappa shape index (κ3) is 4.60. The van der Waals surface area contributed by atoms with Crippen molar-refractivity contribution < 1.29 is 4.79 Å². The highest BCUT2D eigenvalue weighted by atomic mass is 16.2. The largest absolute Gasteiger partial charge is 0.311 e. The smallest absolute Gasteiger partial charge is 0.240 e. The fraction of sp³-hybridized carbons (Fsp3) is 0.103. The molecule has 34 heavy (non-hydrogen) atoms. The van der Waals surface area contributed by atoms with Crippen molar-refractivity contribution in [2.24, 2.45) is 0 Å². The Morgan fingerprint density at radius 1 is 0.853 bits per heavy atom. The lowest BCUT2D eigenvalue weighted by molar-refractivity contribution is -0.117. The summed E-state index contributed by atoms with van der Waals surface area (Å²) in [6.45, 7) is 0.875. The zero-order valence-electron chi connectivity index (χ0n) is 19.1. The molecule has 0 fully saturated rings. The second-order valence-electron chi connectivity index (χ2n) is 8.25. The number of likely N-dealkylation sites (N-methyl/N-ethyl adjacent to an activating group) is 1. The Morgan fingerprint density at radius 3 is 2.29 bits per heavy atom. The van der Waals surface area contributed by atoms with Gasteiger partial charge >= 0.3 is 0 Å². The van der Waals surface area contributed by atoms with Crippen LogP contribution < -0.4 is 10.2 Å². The van der Waals surface area contributed by atoms with Crippen LogP contribution in [0.15, 0.2) is 109 Å². The SMILES string of the molecule is CN(C(=O)CNCc1ccccc1)c1cn(-c2ccccc2)nc1-c1ccc2ccccc2c1. The van der Waals surface area contributed by atoms with Crippen LogP contribution in [-0.2, 0) is 11.3 Å². The molecule has 5 aromatic rings. The van der Waals surface area contributed by atoms with E-state index in [0.29, 0.717) is 6.54 Å². The zero-order valence-corrected chi connectivity index (χ0v) is 19.1. The molecular formula is C29H26N4O. The number of fused-ring (bicyclic) bond motifs is 1. The first-order valence-electron chi connectivity index (χ1n) is 11.3. The van der Waals surface area contributed by atoms with Crippen molar-refractivity contribution in [3.8, 4) is 16.9 Å². The standard InChI is InChI=1S/C29H26N4O/c1-32(28(34)20-30-19-22-10-4-2-5-11-22)27-21-33(26-14-6-3-7-15-26)31-29(27)25-17-16-23-12-8-9-13-24(23)18-25/h2-18,21,30H,19-20H2,1H3. The van der Waals surface area contributed by atoms with Crippen molar-refractivity contribution in [1.82, 2.24) is 15.1 Å². The van der Waals surface area contributed by atoms with Crippen molar-refractivity contribution in [3.63, 3.8) is 0 Å². The monoisotopic (exact) mass is 446 g/mol. The Hall–Kier alpha value is -4.22. The van der Waals surface area contributed by atoms with E-state index in [0.717, 1.165) is 33.6 Å². The van der Waals surface area contributed by atoms with Crippen LogP contribution >= 0.6 is 0 Å². The minimum absolute atomic E-state index is 0.0226. The lowest BCUT2D eigenvalue weighted by Crippen LogP contribution is -2.35. The molecule has 0 aliphatic rings. The van der Waals surface area contributed by atoms with Gasteiger partial charge in [-0.25, -0.2) is 4.68 Å². The first-order valence-corrected chi connectivity index (χ1v) is 11.3. The number of nitrogens with one attached hydrogen (secondary N) is 1. The average Bonchev–Trinajstić information content (AvgIpc) is 3.34. The summed E-state index contributed by atoms with van der Waals surface area (Å²) in [5.74, 6) is -0.0226. The number of hydrogen-bond acceptors (Lipinski definition) is 3. The van der Waals surface area contributed by atoms with Crippen molar-refractivity contribution in [2.75, 3.05) is 18.5 Å². The Bertz CT molecular complexity index is 1410. The quantitative estimate of drug-likeness (QED) is 0.362. The molecule has 5 nitrogen and oxygen atoms in total. The molecule has 0 unspecified atom stereocenters. The summed E-state index contributed by atoms with van der Waals surface area (Å²) in [4.78, 5) is 14.8. The van der Waals surface area contributed by atoms with E-state index in [-0.39, 0.29) is 12.5 Å². The lowest BCUT2D eigenvalue weighted by atomic mass is 10.0. The topological polar surface area (TPSA) is 50.2 Å². The molecule has 0 spiro atoms. The van der Waals surface area contributed by atoms with E-state index in [1.807, 2.05) is 90.7 Å². The maximum atomic E-state index is 13.1. The highest BCUT2D eigenvalue weighted by molar-refractivity contribution is 5.98. The Labute approximate surface area is 199 Å². The lowest BCUT2D eigenvalue weighted by Gasteiger charge is -2.17. The minimum atomic E-state index is -0.0226. The van der Waals surface area contributed by atoms with Crippen LogP contribution in [0, 0.1) is 0 Å². The number of nitrogens with zero attached hydrogens (tertiary/aromatic N) is 3. The molecule has 0 saturated heterocycles. The predicted octanol–water partition coefficient (Wildman–Crippen LogP) is 5.45. The number of hydrogen-bond donors (Lipinski definition) is 1. The number of carbonyl (C=O) groups excluding carboxylic acids is 1. The van der Waals surface area contributed by atoms with Gasteiger partial charge in [0.25, 0.3) is 0 Å². The Morgan fingerprint density at radius 2 is 1.53 bits per heavy atom. The molecular weight excluding hydrogens is 420 g/mol. The molecule has 0 bridgehead atoms. The van der Waals surface area contributed by atoms with E-state index in [4.69, 9.17) is 5.10 Å². The first kappa shape index (κ1) is 21.6. The molecule has 1 aromatic heterocycles. The van der Waals surface area contributed by atoms with Crippen LogP contribution in [0.1, 0.15) is 5.56 Å². The summed E-state index contributed by atoms with van der Waals surface area (Å²) in [5, 5.41) is 10.5. The second-order valence-corrected chi connectivity index (χ2v) is 8.25. The predicted molar refractivity (Wildman–Crippen MR) is 138 cm³/mol. The summed E-state index contributed by atoms with van der Waals surface area (Å²) in [6, 6.07) is 34.6. The van der Waals surface area contributed by atoms with Gasteiger partial charge in [-0.1, -0.05) is 84.9 Å². The number of para-hydroxylation sites is 1. The summed E-state index contributed by atoms with van der Waals surface area (Å²) in [5.41, 5.74) is 4.60. The third-order valence-corrected chi connectivity index (χ3v) is 5.92. The summed E-state index contributed by atoms with van der Waals surface area (Å²) in [7, 11) is 1.81. The van der Waals surface area contributed by atoms with Crippen LogP contribution in [0.2, 0.25) is 0 Å². The molecule has 0 saturated carbocycles. The van der Waals surface area contributed by atoms with Crippen LogP contribution in [0.3, 0.4) is 0 Å². The molecule has 0 aliphatic heterocycles. The Balaban J connectivity index is 1.45. The molecule has 1 amide bonds. The van der Waals surface area contributed by atoms with Crippen LogP contribution in [0.5, 0.6) is 0 Å². The first-order chi connectivity index (χ1) is 16.7. The van der Waals surface area contributed by atoms with E-state index < -0.39 is 0 Å². The maximum Gasteiger partial charge on any atom is 0.240 e. The summed E-state index contributed by atoms with van der Waals surface area (Å²) < 4.78 is 1.83. The van der Waals surface area contributed by atoms with E-state index in [2.05, 4.69) is 35.6 Å². The zero-order chi connectivity index (χ0) is 23.3. The number of carbonyl (C=O) groups is 1. The van der Waals surface area contributed by atoms with E-state index in [1.165, 1.54) is 5.39 Å². The van der Waals surface area contributed by atoms with Crippen LogP contribution in [0.25, 0.3) is 27.7 Å². The molecule has 0 aliphatic carbocycles. The molecule has 4 aromatic carbocycles. The van der Waals surface area contributed by atoms with Crippen molar-refractivity contribution in [2.45, 2.75) is 6.54 Å². The van der Waals surface area contributed by atoms with E-state index in [1.54, 1.807) is 4.90 Å². The van der Waals surface area contributed by atoms with Gasteiger partial charge in [0.1, 0.15) is 5.69 Å². The molecule has 1 heterocycles. The fourth-order valence-electron chi connectivity index (χ4n) is 4.03. The maximum absolute atomic E-state index is 13.1. The van der Waals surface area contributed by atoms with Gasteiger partial charge < -0.3 is 10.2 Å². The molecule has 1 N–H and O–H groups in total. The van der Waals surface area contributed by atoms with Crippen molar-refractivity contribution >= 4 is 22.4 Å². The third-order valence-electron chi connectivity index (χ3n) is 5.92. The van der Waals surface area contributed by atoms with E-state index >= 15 is 0 Å². The van der Waals surface area contributed by atoms with Gasteiger partial charge in [0.15, 0.2) is 0 Å². The highest BCUT2D eigenvalue weighted by Crippen LogP contribution is 2.32. The van der Waals surface area contributed by atoms with Gasteiger partial charge in [-0.3, -0.25) is 4.79 Å². The van der Waals surface area contributed by atoms with E-state index in [9.17, 15) is 4.79 Å². The van der Waals surface area contributed by atoms with Gasteiger partial charge in [-0.2, -0.15) is 5.10 Å². The molecule has 5 rings (SSSR count).